The molecule has 1 heterocycles. The van der Waals surface area contributed by atoms with E-state index >= 15 is 0 Å². The van der Waals surface area contributed by atoms with Crippen molar-refractivity contribution < 1.29 is 23.8 Å². The molecule has 0 radical (unpaired) electrons. The van der Waals surface area contributed by atoms with Crippen LogP contribution in [0.4, 0.5) is 0 Å². The summed E-state index contributed by atoms with van der Waals surface area (Å²) >= 11 is 0. The minimum absolute atomic E-state index is 0.00494. The number of hydrogen-bond donors (Lipinski definition) is 0. The van der Waals surface area contributed by atoms with Crippen LogP contribution in [-0.2, 0) is 20.9 Å². The summed E-state index contributed by atoms with van der Waals surface area (Å²) in [5, 5.41) is 0. The molecule has 0 aliphatic carbocycles. The van der Waals surface area contributed by atoms with Crippen molar-refractivity contribution in [3.63, 3.8) is 0 Å². The summed E-state index contributed by atoms with van der Waals surface area (Å²) in [5.41, 5.74) is 1.81. The number of nitrogens with zero attached hydrogens (tertiary/aromatic N) is 1. The molecule has 0 unspecified atom stereocenters. The SMILES string of the molecule is CC(C)N(Cc1ccccc1)C(=O)COC(=O)/C=C/c1ccc2c(c1)OCCO2. The summed E-state index contributed by atoms with van der Waals surface area (Å²) in [6, 6.07) is 15.1. The Morgan fingerprint density at radius 1 is 1.07 bits per heavy atom. The van der Waals surface area contributed by atoms with E-state index < -0.39 is 5.97 Å². The van der Waals surface area contributed by atoms with Gasteiger partial charge in [-0.1, -0.05) is 36.4 Å². The summed E-state index contributed by atoms with van der Waals surface area (Å²) in [7, 11) is 0. The van der Waals surface area contributed by atoms with Gasteiger partial charge in [-0.05, 0) is 43.2 Å². The first-order valence-electron chi connectivity index (χ1n) is 9.61. The number of esters is 1. The Kier molecular flexibility index (Phi) is 6.89. The van der Waals surface area contributed by atoms with Crippen LogP contribution in [0.25, 0.3) is 6.08 Å². The van der Waals surface area contributed by atoms with Gasteiger partial charge in [0, 0.05) is 18.7 Å². The van der Waals surface area contributed by atoms with Gasteiger partial charge in [0.05, 0.1) is 0 Å². The molecule has 0 spiro atoms. The van der Waals surface area contributed by atoms with E-state index in [4.69, 9.17) is 14.2 Å². The Morgan fingerprint density at radius 2 is 1.79 bits per heavy atom. The summed E-state index contributed by atoms with van der Waals surface area (Å²) in [5.74, 6) is 0.533. The number of rotatable bonds is 7. The van der Waals surface area contributed by atoms with Crippen molar-refractivity contribution in [2.24, 2.45) is 0 Å². The maximum Gasteiger partial charge on any atom is 0.331 e. The van der Waals surface area contributed by atoms with Crippen LogP contribution >= 0.6 is 0 Å². The summed E-state index contributed by atoms with van der Waals surface area (Å²) in [4.78, 5) is 26.2. The molecular weight excluding hydrogens is 370 g/mol. The maximum atomic E-state index is 12.5. The number of benzene rings is 2. The fourth-order valence-electron chi connectivity index (χ4n) is 2.93. The molecule has 2 aromatic rings. The van der Waals surface area contributed by atoms with Gasteiger partial charge in [-0.3, -0.25) is 4.79 Å². The molecule has 0 fully saturated rings. The molecule has 0 N–H and O–H groups in total. The molecule has 6 heteroatoms. The number of fused-ring (bicyclic) bond motifs is 1. The third-order valence-corrected chi connectivity index (χ3v) is 4.46. The quantitative estimate of drug-likeness (QED) is 0.531. The second-order valence-electron chi connectivity index (χ2n) is 6.95. The zero-order valence-corrected chi connectivity index (χ0v) is 16.7. The monoisotopic (exact) mass is 395 g/mol. The Morgan fingerprint density at radius 3 is 2.52 bits per heavy atom. The lowest BCUT2D eigenvalue weighted by atomic mass is 10.2. The van der Waals surface area contributed by atoms with Crippen molar-refractivity contribution >= 4 is 18.0 Å². The van der Waals surface area contributed by atoms with E-state index in [1.54, 1.807) is 23.1 Å². The Bertz CT molecular complexity index is 876. The second-order valence-corrected chi connectivity index (χ2v) is 6.95. The predicted molar refractivity (Wildman–Crippen MR) is 110 cm³/mol. The summed E-state index contributed by atoms with van der Waals surface area (Å²) in [6.45, 7) is 5.08. The van der Waals surface area contributed by atoms with Crippen molar-refractivity contribution in [1.82, 2.24) is 4.90 Å². The molecule has 3 rings (SSSR count). The van der Waals surface area contributed by atoms with Crippen LogP contribution in [-0.4, -0.2) is 42.6 Å². The molecule has 2 aromatic carbocycles. The van der Waals surface area contributed by atoms with Crippen LogP contribution in [0.3, 0.4) is 0 Å². The predicted octanol–water partition coefficient (Wildman–Crippen LogP) is 3.45. The third-order valence-electron chi connectivity index (χ3n) is 4.46. The van der Waals surface area contributed by atoms with Crippen molar-refractivity contribution in [1.29, 1.82) is 0 Å². The van der Waals surface area contributed by atoms with Crippen LogP contribution in [0.2, 0.25) is 0 Å². The summed E-state index contributed by atoms with van der Waals surface area (Å²) in [6.07, 6.45) is 2.92. The largest absolute Gasteiger partial charge is 0.486 e. The van der Waals surface area contributed by atoms with E-state index in [0.717, 1.165) is 11.1 Å². The highest BCUT2D eigenvalue weighted by Crippen LogP contribution is 2.31. The van der Waals surface area contributed by atoms with Crippen LogP contribution in [0.5, 0.6) is 11.5 Å². The van der Waals surface area contributed by atoms with Gasteiger partial charge in [0.25, 0.3) is 5.91 Å². The highest BCUT2D eigenvalue weighted by Gasteiger charge is 2.18. The van der Waals surface area contributed by atoms with Gasteiger partial charge in [-0.15, -0.1) is 0 Å². The smallest absolute Gasteiger partial charge is 0.331 e. The van der Waals surface area contributed by atoms with Crippen molar-refractivity contribution in [2.75, 3.05) is 19.8 Å². The van der Waals surface area contributed by atoms with E-state index in [0.29, 0.717) is 31.3 Å². The average Bonchev–Trinajstić information content (AvgIpc) is 2.74. The number of hydrogen-bond acceptors (Lipinski definition) is 5. The molecule has 0 saturated heterocycles. The van der Waals surface area contributed by atoms with E-state index in [2.05, 4.69) is 0 Å². The number of carbonyl (C=O) groups excluding carboxylic acids is 2. The molecule has 29 heavy (non-hydrogen) atoms. The van der Waals surface area contributed by atoms with Gasteiger partial charge in [0.1, 0.15) is 13.2 Å². The lowest BCUT2D eigenvalue weighted by molar-refractivity contribution is -0.149. The Hall–Kier alpha value is -3.28. The topological polar surface area (TPSA) is 65.1 Å². The highest BCUT2D eigenvalue weighted by molar-refractivity contribution is 5.89. The van der Waals surface area contributed by atoms with Gasteiger partial charge in [0.2, 0.25) is 0 Å². The summed E-state index contributed by atoms with van der Waals surface area (Å²) < 4.78 is 16.1. The van der Waals surface area contributed by atoms with Gasteiger partial charge >= 0.3 is 5.97 Å². The first kappa shape index (κ1) is 20.5. The Balaban J connectivity index is 1.53. The Labute approximate surface area is 170 Å². The van der Waals surface area contributed by atoms with E-state index in [-0.39, 0.29) is 18.6 Å². The minimum Gasteiger partial charge on any atom is -0.486 e. The zero-order valence-electron chi connectivity index (χ0n) is 16.7. The molecule has 1 aliphatic rings. The molecule has 152 valence electrons. The van der Waals surface area contributed by atoms with E-state index in [9.17, 15) is 9.59 Å². The maximum absolute atomic E-state index is 12.5. The minimum atomic E-state index is -0.573. The lowest BCUT2D eigenvalue weighted by Crippen LogP contribution is -2.39. The molecular formula is C23H25NO5. The molecule has 0 saturated carbocycles. The highest BCUT2D eigenvalue weighted by atomic mass is 16.6. The van der Waals surface area contributed by atoms with Crippen molar-refractivity contribution in [3.8, 4) is 11.5 Å². The fraction of sp³-hybridized carbons (Fsp3) is 0.304. The average molecular weight is 395 g/mol. The van der Waals surface area contributed by atoms with Gasteiger partial charge in [-0.2, -0.15) is 0 Å². The number of amides is 1. The molecule has 0 bridgehead atoms. The van der Waals surface area contributed by atoms with Crippen LogP contribution < -0.4 is 9.47 Å². The molecule has 0 atom stereocenters. The lowest BCUT2D eigenvalue weighted by Gasteiger charge is -2.26. The van der Waals surface area contributed by atoms with Gasteiger partial charge < -0.3 is 19.1 Å². The second kappa shape index (κ2) is 9.78. The number of ether oxygens (including phenoxy) is 3. The molecule has 1 amide bonds. The standard InChI is InChI=1S/C23H25NO5/c1-17(2)24(15-19-6-4-3-5-7-19)22(25)16-29-23(26)11-9-18-8-10-20-21(14-18)28-13-12-27-20/h3-11,14,17H,12-13,15-16H2,1-2H3/b11-9+. The van der Waals surface area contributed by atoms with Crippen molar-refractivity contribution in [2.45, 2.75) is 26.4 Å². The van der Waals surface area contributed by atoms with Crippen molar-refractivity contribution in [3.05, 3.63) is 65.7 Å². The van der Waals surface area contributed by atoms with E-state index in [1.807, 2.05) is 50.2 Å². The molecule has 6 nitrogen and oxygen atoms in total. The first-order chi connectivity index (χ1) is 14.0. The van der Waals surface area contributed by atoms with Gasteiger partial charge in [-0.25, -0.2) is 4.79 Å². The number of carbonyl (C=O) groups is 2. The van der Waals surface area contributed by atoms with Crippen LogP contribution in [0, 0.1) is 0 Å². The van der Waals surface area contributed by atoms with Crippen LogP contribution in [0.1, 0.15) is 25.0 Å². The molecule has 1 aliphatic heterocycles. The molecule has 0 aromatic heterocycles. The normalized spacial score (nSPS) is 12.8. The van der Waals surface area contributed by atoms with Gasteiger partial charge in [0.15, 0.2) is 18.1 Å². The zero-order chi connectivity index (χ0) is 20.6. The fourth-order valence-corrected chi connectivity index (χ4v) is 2.93. The van der Waals surface area contributed by atoms with Crippen LogP contribution in [0.15, 0.2) is 54.6 Å². The third kappa shape index (κ3) is 5.85. The van der Waals surface area contributed by atoms with E-state index in [1.165, 1.54) is 6.08 Å². The first-order valence-corrected chi connectivity index (χ1v) is 9.61.